The van der Waals surface area contributed by atoms with E-state index < -0.39 is 0 Å². The van der Waals surface area contributed by atoms with E-state index in [9.17, 15) is 0 Å². The molecule has 2 N–H and O–H groups in total. The molecule has 1 heterocycles. The lowest BCUT2D eigenvalue weighted by Gasteiger charge is -2.19. The zero-order valence-corrected chi connectivity index (χ0v) is 10.1. The molecule has 88 valence electrons. The molecule has 1 saturated carbocycles. The summed E-state index contributed by atoms with van der Waals surface area (Å²) >= 11 is 0. The number of nitrogens with two attached hydrogens (primary N) is 1. The summed E-state index contributed by atoms with van der Waals surface area (Å²) in [4.78, 5) is 6.98. The average Bonchev–Trinajstić information content (AvgIpc) is 3.20. The molecule has 1 aliphatic carbocycles. The molecule has 1 fully saturated rings. The minimum atomic E-state index is 0.564. The smallest absolute Gasteiger partial charge is 0.129 e. The number of hydrogen-bond acceptors (Lipinski definition) is 3. The molecule has 0 unspecified atom stereocenters. The van der Waals surface area contributed by atoms with Crippen molar-refractivity contribution in [1.29, 1.82) is 0 Å². The van der Waals surface area contributed by atoms with Crippen molar-refractivity contribution in [2.45, 2.75) is 25.4 Å². The second-order valence-corrected chi connectivity index (χ2v) is 4.70. The van der Waals surface area contributed by atoms with Crippen LogP contribution in [0.3, 0.4) is 0 Å². The average molecular weight is 227 g/mol. The van der Waals surface area contributed by atoms with Gasteiger partial charge in [-0.3, -0.25) is 0 Å². The van der Waals surface area contributed by atoms with Crippen LogP contribution in [0.1, 0.15) is 18.4 Å². The van der Waals surface area contributed by atoms with Crippen LogP contribution in [0, 0.1) is 0 Å². The normalized spacial score (nSPS) is 15.2. The molecule has 3 heteroatoms. The minimum Gasteiger partial charge on any atom is -0.357 e. The van der Waals surface area contributed by atoms with Crippen LogP contribution in [0.5, 0.6) is 0 Å². The number of aromatic nitrogens is 1. The van der Waals surface area contributed by atoms with E-state index in [0.717, 1.165) is 11.3 Å². The van der Waals surface area contributed by atoms with Gasteiger partial charge in [-0.1, -0.05) is 18.2 Å². The molecule has 0 aliphatic heterocycles. The second-order valence-electron chi connectivity index (χ2n) is 4.70. The molecule has 0 radical (unpaired) electrons. The first-order valence-electron chi connectivity index (χ1n) is 6.11. The van der Waals surface area contributed by atoms with Crippen molar-refractivity contribution in [3.63, 3.8) is 0 Å². The molecular weight excluding hydrogens is 210 g/mol. The van der Waals surface area contributed by atoms with E-state index >= 15 is 0 Å². The summed E-state index contributed by atoms with van der Waals surface area (Å²) in [6.45, 7) is 0.564. The first-order chi connectivity index (χ1) is 8.29. The van der Waals surface area contributed by atoms with Crippen LogP contribution in [-0.4, -0.2) is 18.1 Å². The molecule has 1 aromatic heterocycles. The summed E-state index contributed by atoms with van der Waals surface area (Å²) in [5.74, 6) is 1.05. The molecule has 1 aromatic carbocycles. The van der Waals surface area contributed by atoms with Gasteiger partial charge in [0, 0.05) is 25.0 Å². The predicted octanol–water partition coefficient (Wildman–Crippen LogP) is 2.29. The molecule has 3 nitrogen and oxygen atoms in total. The number of anilines is 1. The van der Waals surface area contributed by atoms with Gasteiger partial charge in [0.2, 0.25) is 0 Å². The lowest BCUT2D eigenvalue weighted by molar-refractivity contribution is 0.893. The van der Waals surface area contributed by atoms with Gasteiger partial charge in [0.1, 0.15) is 5.82 Å². The highest BCUT2D eigenvalue weighted by Gasteiger charge is 2.27. The number of benzene rings is 1. The number of hydrogen-bond donors (Lipinski definition) is 1. The van der Waals surface area contributed by atoms with Gasteiger partial charge in [-0.05, 0) is 30.5 Å². The molecule has 0 atom stereocenters. The van der Waals surface area contributed by atoms with Crippen molar-refractivity contribution in [2.75, 3.05) is 11.9 Å². The van der Waals surface area contributed by atoms with Crippen LogP contribution >= 0.6 is 0 Å². The van der Waals surface area contributed by atoms with Crippen molar-refractivity contribution in [3.8, 4) is 0 Å². The third-order valence-electron chi connectivity index (χ3n) is 3.46. The SMILES string of the molecule is CN(c1cc(CN)c2ccccc2n1)C1CC1. The summed E-state index contributed by atoms with van der Waals surface area (Å²) in [5, 5.41) is 1.17. The highest BCUT2D eigenvalue weighted by molar-refractivity contribution is 5.84. The summed E-state index contributed by atoms with van der Waals surface area (Å²) in [5.41, 5.74) is 8.05. The van der Waals surface area contributed by atoms with Crippen LogP contribution in [0.25, 0.3) is 10.9 Å². The van der Waals surface area contributed by atoms with Crippen molar-refractivity contribution >= 4 is 16.7 Å². The van der Waals surface area contributed by atoms with E-state index in [-0.39, 0.29) is 0 Å². The molecule has 0 saturated heterocycles. The maximum absolute atomic E-state index is 5.83. The number of nitrogens with zero attached hydrogens (tertiary/aromatic N) is 2. The minimum absolute atomic E-state index is 0.564. The zero-order valence-electron chi connectivity index (χ0n) is 10.1. The summed E-state index contributed by atoms with van der Waals surface area (Å²) in [6, 6.07) is 11.0. The lowest BCUT2D eigenvalue weighted by atomic mass is 10.1. The van der Waals surface area contributed by atoms with Crippen molar-refractivity contribution < 1.29 is 0 Å². The number of rotatable bonds is 3. The van der Waals surface area contributed by atoms with Gasteiger partial charge in [0.05, 0.1) is 5.52 Å². The quantitative estimate of drug-likeness (QED) is 0.874. The first-order valence-corrected chi connectivity index (χ1v) is 6.11. The monoisotopic (exact) mass is 227 g/mol. The van der Waals surface area contributed by atoms with Crippen molar-refractivity contribution in [3.05, 3.63) is 35.9 Å². The Morgan fingerprint density at radius 1 is 1.35 bits per heavy atom. The molecule has 0 amide bonds. The maximum Gasteiger partial charge on any atom is 0.129 e. The van der Waals surface area contributed by atoms with E-state index in [1.807, 2.05) is 12.1 Å². The number of para-hydroxylation sites is 1. The van der Waals surface area contributed by atoms with Gasteiger partial charge in [0.15, 0.2) is 0 Å². The van der Waals surface area contributed by atoms with Crippen LogP contribution in [0.4, 0.5) is 5.82 Å². The van der Waals surface area contributed by atoms with Gasteiger partial charge >= 0.3 is 0 Å². The third-order valence-corrected chi connectivity index (χ3v) is 3.46. The number of fused-ring (bicyclic) bond motifs is 1. The largest absolute Gasteiger partial charge is 0.357 e. The Morgan fingerprint density at radius 3 is 2.82 bits per heavy atom. The Labute approximate surface area is 101 Å². The van der Waals surface area contributed by atoms with Gasteiger partial charge in [0.25, 0.3) is 0 Å². The summed E-state index contributed by atoms with van der Waals surface area (Å²) in [7, 11) is 2.12. The fraction of sp³-hybridized carbons (Fsp3) is 0.357. The topological polar surface area (TPSA) is 42.1 Å². The Bertz CT molecular complexity index is 546. The third kappa shape index (κ3) is 1.87. The fourth-order valence-electron chi connectivity index (χ4n) is 2.23. The van der Waals surface area contributed by atoms with Gasteiger partial charge in [-0.15, -0.1) is 0 Å². The van der Waals surface area contributed by atoms with Gasteiger partial charge in [-0.25, -0.2) is 4.98 Å². The van der Waals surface area contributed by atoms with E-state index in [1.165, 1.54) is 23.8 Å². The Morgan fingerprint density at radius 2 is 2.12 bits per heavy atom. The Balaban J connectivity index is 2.13. The van der Waals surface area contributed by atoms with Crippen molar-refractivity contribution in [1.82, 2.24) is 4.98 Å². The van der Waals surface area contributed by atoms with Crippen LogP contribution in [-0.2, 0) is 6.54 Å². The standard InChI is InChI=1S/C14H17N3/c1-17(11-6-7-11)14-8-10(9-15)12-4-2-3-5-13(12)16-14/h2-5,8,11H,6-7,9,15H2,1H3. The highest BCUT2D eigenvalue weighted by atomic mass is 15.2. The number of pyridine rings is 1. The van der Waals surface area contributed by atoms with E-state index in [4.69, 9.17) is 10.7 Å². The predicted molar refractivity (Wildman–Crippen MR) is 71.1 cm³/mol. The molecule has 0 bridgehead atoms. The fourth-order valence-corrected chi connectivity index (χ4v) is 2.23. The van der Waals surface area contributed by atoms with Gasteiger partial charge < -0.3 is 10.6 Å². The maximum atomic E-state index is 5.83. The van der Waals surface area contributed by atoms with E-state index in [0.29, 0.717) is 12.6 Å². The molecule has 0 spiro atoms. The summed E-state index contributed by atoms with van der Waals surface area (Å²) < 4.78 is 0. The van der Waals surface area contributed by atoms with E-state index in [1.54, 1.807) is 0 Å². The molecule has 2 aromatic rings. The highest BCUT2D eigenvalue weighted by Crippen LogP contribution is 2.31. The van der Waals surface area contributed by atoms with Gasteiger partial charge in [-0.2, -0.15) is 0 Å². The summed E-state index contributed by atoms with van der Waals surface area (Å²) in [6.07, 6.45) is 2.56. The molecular formula is C14H17N3. The van der Waals surface area contributed by atoms with Crippen LogP contribution in [0.15, 0.2) is 30.3 Å². The second kappa shape index (κ2) is 4.00. The van der Waals surface area contributed by atoms with Crippen LogP contribution in [0.2, 0.25) is 0 Å². The first kappa shape index (κ1) is 10.5. The Hall–Kier alpha value is -1.61. The van der Waals surface area contributed by atoms with Crippen LogP contribution < -0.4 is 10.6 Å². The van der Waals surface area contributed by atoms with E-state index in [2.05, 4.69) is 30.1 Å². The lowest BCUT2D eigenvalue weighted by Crippen LogP contribution is -2.21. The molecule has 1 aliphatic rings. The molecule has 3 rings (SSSR count). The Kier molecular flexibility index (Phi) is 2.48. The van der Waals surface area contributed by atoms with Crippen molar-refractivity contribution in [2.24, 2.45) is 5.73 Å². The molecule has 17 heavy (non-hydrogen) atoms. The zero-order chi connectivity index (χ0) is 11.8.